The lowest BCUT2D eigenvalue weighted by atomic mass is 10.2. The van der Waals surface area contributed by atoms with Crippen LogP contribution in [0.2, 0.25) is 0 Å². The number of ether oxygens (including phenoxy) is 1. The van der Waals surface area contributed by atoms with Crippen LogP contribution in [0.5, 0.6) is 5.75 Å². The summed E-state index contributed by atoms with van der Waals surface area (Å²) in [6, 6.07) is 5.27. The molecular formula is C8H13N3O. The van der Waals surface area contributed by atoms with Gasteiger partial charge in [-0.25, -0.2) is 0 Å². The Bertz CT molecular complexity index is 262. The quantitative estimate of drug-likeness (QED) is 0.356. The lowest BCUT2D eigenvalue weighted by Crippen LogP contribution is -2.09. The first-order chi connectivity index (χ1) is 5.77. The van der Waals surface area contributed by atoms with E-state index < -0.39 is 0 Å². The fourth-order valence-corrected chi connectivity index (χ4v) is 0.933. The third kappa shape index (κ3) is 1.79. The zero-order chi connectivity index (χ0) is 8.97. The summed E-state index contributed by atoms with van der Waals surface area (Å²) in [5.74, 6) is 5.94. The van der Waals surface area contributed by atoms with Gasteiger partial charge < -0.3 is 15.9 Å². The van der Waals surface area contributed by atoms with E-state index in [-0.39, 0.29) is 0 Å². The van der Waals surface area contributed by atoms with Crippen molar-refractivity contribution in [3.05, 3.63) is 18.2 Å². The summed E-state index contributed by atoms with van der Waals surface area (Å²) in [7, 11) is 0. The van der Waals surface area contributed by atoms with Crippen molar-refractivity contribution >= 4 is 11.4 Å². The molecule has 0 atom stereocenters. The van der Waals surface area contributed by atoms with Crippen molar-refractivity contribution in [1.82, 2.24) is 0 Å². The number of rotatable bonds is 3. The second-order valence-corrected chi connectivity index (χ2v) is 2.33. The fraction of sp³-hybridized carbons (Fsp3) is 0.250. The molecule has 5 N–H and O–H groups in total. The van der Waals surface area contributed by atoms with Gasteiger partial charge in [-0.15, -0.1) is 0 Å². The predicted octanol–water partition coefficient (Wildman–Crippen LogP) is 0.953. The van der Waals surface area contributed by atoms with E-state index in [1.165, 1.54) is 0 Å². The second kappa shape index (κ2) is 3.82. The highest BCUT2D eigenvalue weighted by atomic mass is 16.5. The summed E-state index contributed by atoms with van der Waals surface area (Å²) < 4.78 is 5.29. The Labute approximate surface area is 71.5 Å². The monoisotopic (exact) mass is 167 g/mol. The first-order valence-corrected chi connectivity index (χ1v) is 3.77. The van der Waals surface area contributed by atoms with E-state index in [0.717, 1.165) is 5.69 Å². The lowest BCUT2D eigenvalue weighted by molar-refractivity contribution is 0.342. The molecule has 0 fully saturated rings. The SMILES string of the molecule is CCOc1cc(N)ccc1NN. The molecule has 1 aromatic carbocycles. The van der Waals surface area contributed by atoms with E-state index in [1.54, 1.807) is 18.2 Å². The van der Waals surface area contributed by atoms with Crippen LogP contribution in [0, 0.1) is 0 Å². The van der Waals surface area contributed by atoms with Crippen molar-refractivity contribution in [1.29, 1.82) is 0 Å². The van der Waals surface area contributed by atoms with E-state index in [0.29, 0.717) is 18.0 Å². The van der Waals surface area contributed by atoms with Crippen LogP contribution in [-0.4, -0.2) is 6.61 Å². The molecule has 0 unspecified atom stereocenters. The number of anilines is 2. The van der Waals surface area contributed by atoms with Crippen molar-refractivity contribution in [2.24, 2.45) is 5.84 Å². The van der Waals surface area contributed by atoms with Crippen LogP contribution < -0.4 is 21.7 Å². The summed E-state index contributed by atoms with van der Waals surface area (Å²) >= 11 is 0. The van der Waals surface area contributed by atoms with Crippen LogP contribution in [0.3, 0.4) is 0 Å². The van der Waals surface area contributed by atoms with Gasteiger partial charge in [-0.1, -0.05) is 0 Å². The average Bonchev–Trinajstić information content (AvgIpc) is 2.05. The van der Waals surface area contributed by atoms with Crippen LogP contribution in [-0.2, 0) is 0 Å². The predicted molar refractivity (Wildman–Crippen MR) is 49.8 cm³/mol. The molecule has 0 aliphatic carbocycles. The summed E-state index contributed by atoms with van der Waals surface area (Å²) in [4.78, 5) is 0. The summed E-state index contributed by atoms with van der Waals surface area (Å²) in [5.41, 5.74) is 9.50. The second-order valence-electron chi connectivity index (χ2n) is 2.33. The first kappa shape index (κ1) is 8.67. The molecule has 66 valence electrons. The highest BCUT2D eigenvalue weighted by Gasteiger charge is 2.00. The molecule has 0 amide bonds. The number of hydrogen-bond donors (Lipinski definition) is 3. The Kier molecular flexibility index (Phi) is 2.76. The van der Waals surface area contributed by atoms with Crippen LogP contribution >= 0.6 is 0 Å². The standard InChI is InChI=1S/C8H13N3O/c1-2-12-8-5-6(9)3-4-7(8)11-10/h3-5,11H,2,9-10H2,1H3. The molecule has 0 heterocycles. The molecule has 4 nitrogen and oxygen atoms in total. The highest BCUT2D eigenvalue weighted by molar-refractivity contribution is 5.61. The van der Waals surface area contributed by atoms with Crippen molar-refractivity contribution < 1.29 is 4.74 Å². The van der Waals surface area contributed by atoms with Gasteiger partial charge >= 0.3 is 0 Å². The summed E-state index contributed by atoms with van der Waals surface area (Å²) in [5, 5.41) is 0. The van der Waals surface area contributed by atoms with Gasteiger partial charge in [-0.05, 0) is 19.1 Å². The van der Waals surface area contributed by atoms with E-state index in [4.69, 9.17) is 16.3 Å². The van der Waals surface area contributed by atoms with Gasteiger partial charge in [0.25, 0.3) is 0 Å². The Balaban J connectivity index is 2.95. The molecule has 0 aromatic heterocycles. The fourth-order valence-electron chi connectivity index (χ4n) is 0.933. The third-order valence-electron chi connectivity index (χ3n) is 1.46. The largest absolute Gasteiger partial charge is 0.492 e. The molecule has 0 saturated carbocycles. The Morgan fingerprint density at radius 2 is 2.25 bits per heavy atom. The van der Waals surface area contributed by atoms with Crippen molar-refractivity contribution in [3.8, 4) is 5.75 Å². The van der Waals surface area contributed by atoms with E-state index in [9.17, 15) is 0 Å². The summed E-state index contributed by atoms with van der Waals surface area (Å²) in [6.07, 6.45) is 0. The minimum Gasteiger partial charge on any atom is -0.492 e. The Hall–Kier alpha value is -1.42. The molecule has 0 aliphatic heterocycles. The first-order valence-electron chi connectivity index (χ1n) is 3.77. The topological polar surface area (TPSA) is 73.3 Å². The molecule has 12 heavy (non-hydrogen) atoms. The van der Waals surface area contributed by atoms with Crippen LogP contribution in [0.15, 0.2) is 18.2 Å². The van der Waals surface area contributed by atoms with Gasteiger partial charge in [0.15, 0.2) is 0 Å². The zero-order valence-electron chi connectivity index (χ0n) is 7.00. The van der Waals surface area contributed by atoms with E-state index >= 15 is 0 Å². The number of hydrazine groups is 1. The van der Waals surface area contributed by atoms with E-state index in [2.05, 4.69) is 5.43 Å². The number of benzene rings is 1. The van der Waals surface area contributed by atoms with Gasteiger partial charge in [0, 0.05) is 11.8 Å². The van der Waals surface area contributed by atoms with Gasteiger partial charge in [-0.2, -0.15) is 0 Å². The normalized spacial score (nSPS) is 9.50. The number of nitrogens with one attached hydrogen (secondary N) is 1. The Morgan fingerprint density at radius 1 is 1.50 bits per heavy atom. The van der Waals surface area contributed by atoms with Crippen molar-refractivity contribution in [3.63, 3.8) is 0 Å². The molecule has 0 bridgehead atoms. The van der Waals surface area contributed by atoms with Crippen molar-refractivity contribution in [2.75, 3.05) is 17.8 Å². The highest BCUT2D eigenvalue weighted by Crippen LogP contribution is 2.25. The maximum atomic E-state index is 5.56. The Morgan fingerprint density at radius 3 is 2.83 bits per heavy atom. The molecule has 0 aliphatic rings. The van der Waals surface area contributed by atoms with E-state index in [1.807, 2.05) is 6.92 Å². The number of nitrogens with two attached hydrogens (primary N) is 2. The maximum absolute atomic E-state index is 5.56. The van der Waals surface area contributed by atoms with Gasteiger partial charge in [0.2, 0.25) is 0 Å². The molecule has 1 aromatic rings. The molecule has 0 radical (unpaired) electrons. The van der Waals surface area contributed by atoms with Crippen LogP contribution in [0.25, 0.3) is 0 Å². The number of hydrogen-bond acceptors (Lipinski definition) is 4. The molecule has 4 heteroatoms. The van der Waals surface area contributed by atoms with Gasteiger partial charge in [0.1, 0.15) is 5.75 Å². The minimum atomic E-state index is 0.595. The third-order valence-corrected chi connectivity index (χ3v) is 1.46. The van der Waals surface area contributed by atoms with Crippen LogP contribution in [0.4, 0.5) is 11.4 Å². The smallest absolute Gasteiger partial charge is 0.145 e. The van der Waals surface area contributed by atoms with Crippen LogP contribution in [0.1, 0.15) is 6.92 Å². The van der Waals surface area contributed by atoms with Gasteiger partial charge in [0.05, 0.1) is 12.3 Å². The minimum absolute atomic E-state index is 0.595. The molecule has 0 saturated heterocycles. The summed E-state index contributed by atoms with van der Waals surface area (Å²) in [6.45, 7) is 2.50. The molecular weight excluding hydrogens is 154 g/mol. The lowest BCUT2D eigenvalue weighted by Gasteiger charge is -2.09. The number of nitrogen functional groups attached to an aromatic ring is 2. The average molecular weight is 167 g/mol. The zero-order valence-corrected chi connectivity index (χ0v) is 7.00. The molecule has 1 rings (SSSR count). The van der Waals surface area contributed by atoms with Crippen molar-refractivity contribution in [2.45, 2.75) is 6.92 Å². The maximum Gasteiger partial charge on any atom is 0.145 e. The van der Waals surface area contributed by atoms with Gasteiger partial charge in [-0.3, -0.25) is 5.84 Å². The molecule has 0 spiro atoms.